The number of fused-ring (bicyclic) bond motifs is 9. The molecule has 0 saturated carbocycles. The van der Waals surface area contributed by atoms with Crippen molar-refractivity contribution in [2.45, 2.75) is 0 Å². The zero-order valence-corrected chi connectivity index (χ0v) is 29.4. The average Bonchev–Trinajstić information content (AvgIpc) is 3.89. The van der Waals surface area contributed by atoms with Crippen LogP contribution in [0.1, 0.15) is 0 Å². The van der Waals surface area contributed by atoms with Crippen molar-refractivity contribution >= 4 is 94.5 Å². The maximum Gasteiger partial charge on any atom is 0.164 e. The Balaban J connectivity index is 1.08. The van der Waals surface area contributed by atoms with Gasteiger partial charge in [-0.05, 0) is 36.4 Å². The van der Waals surface area contributed by atoms with Gasteiger partial charge in [0, 0.05) is 88.3 Å². The van der Waals surface area contributed by atoms with E-state index in [1.807, 2.05) is 40.9 Å². The van der Waals surface area contributed by atoms with Crippen LogP contribution in [-0.4, -0.2) is 15.0 Å². The highest BCUT2D eigenvalue weighted by Crippen LogP contribution is 2.46. The van der Waals surface area contributed by atoms with E-state index in [4.69, 9.17) is 15.0 Å². The molecule has 0 spiro atoms. The molecule has 4 heterocycles. The Bertz CT molecular complexity index is 3150. The van der Waals surface area contributed by atoms with E-state index in [-0.39, 0.29) is 0 Å². The van der Waals surface area contributed by atoms with Crippen molar-refractivity contribution in [1.82, 2.24) is 15.0 Å². The van der Waals surface area contributed by atoms with Crippen molar-refractivity contribution in [1.29, 1.82) is 0 Å². The molecule has 11 aromatic rings. The maximum absolute atomic E-state index is 5.14. The minimum atomic E-state index is 0.668. The normalized spacial score (nSPS) is 11.9. The third kappa shape index (κ3) is 4.65. The maximum atomic E-state index is 5.14. The van der Waals surface area contributed by atoms with Gasteiger partial charge in [0.25, 0.3) is 0 Å². The SMILES string of the molecule is c1ccc(-c2nc(-c3ccc4c(c3)sc3ccccc34)nc(-c3ccc4sc5c(-c6cccc7c6sc6ccccc67)cccc5c4c3)n2)cc1. The predicted molar refractivity (Wildman–Crippen MR) is 220 cm³/mol. The smallest absolute Gasteiger partial charge is 0.164 e. The lowest BCUT2D eigenvalue weighted by Crippen LogP contribution is -2.00. The van der Waals surface area contributed by atoms with Gasteiger partial charge in [0.1, 0.15) is 0 Å². The van der Waals surface area contributed by atoms with Crippen LogP contribution in [-0.2, 0) is 0 Å². The first-order valence-corrected chi connectivity index (χ1v) is 19.3. The molecule has 0 unspecified atom stereocenters. The molecule has 0 amide bonds. The lowest BCUT2D eigenvalue weighted by molar-refractivity contribution is 1.08. The highest BCUT2D eigenvalue weighted by molar-refractivity contribution is 7.27. The number of hydrogen-bond acceptors (Lipinski definition) is 6. The van der Waals surface area contributed by atoms with Crippen molar-refractivity contribution in [2.24, 2.45) is 0 Å². The van der Waals surface area contributed by atoms with E-state index >= 15 is 0 Å². The summed E-state index contributed by atoms with van der Waals surface area (Å²) in [4.78, 5) is 15.2. The van der Waals surface area contributed by atoms with Gasteiger partial charge in [0.15, 0.2) is 17.5 Å². The Morgan fingerprint density at radius 3 is 1.49 bits per heavy atom. The number of thiophene rings is 3. The Morgan fingerprint density at radius 2 is 0.784 bits per heavy atom. The first-order chi connectivity index (χ1) is 25.2. The Labute approximate surface area is 304 Å². The van der Waals surface area contributed by atoms with Crippen molar-refractivity contribution in [3.63, 3.8) is 0 Å². The average molecular weight is 704 g/mol. The molecule has 11 rings (SSSR count). The van der Waals surface area contributed by atoms with Crippen LogP contribution >= 0.6 is 34.0 Å². The molecule has 0 fully saturated rings. The summed E-state index contributed by atoms with van der Waals surface area (Å²) in [5, 5.41) is 7.65. The third-order valence-electron chi connectivity index (χ3n) is 9.75. The first kappa shape index (κ1) is 29.0. The van der Waals surface area contributed by atoms with E-state index < -0.39 is 0 Å². The summed E-state index contributed by atoms with van der Waals surface area (Å²) in [5.74, 6) is 2.01. The molecule has 0 N–H and O–H groups in total. The van der Waals surface area contributed by atoms with E-state index in [0.717, 1.165) is 16.7 Å². The second-order valence-electron chi connectivity index (χ2n) is 12.8. The molecule has 4 aromatic heterocycles. The zero-order valence-electron chi connectivity index (χ0n) is 27.0. The zero-order chi connectivity index (χ0) is 33.5. The molecule has 0 bridgehead atoms. The van der Waals surface area contributed by atoms with Crippen LogP contribution in [0.25, 0.3) is 106 Å². The first-order valence-electron chi connectivity index (χ1n) is 16.8. The molecule has 3 nitrogen and oxygen atoms in total. The van der Waals surface area contributed by atoms with E-state index in [1.165, 1.54) is 71.6 Å². The summed E-state index contributed by atoms with van der Waals surface area (Å²) in [6, 6.07) is 54.2. The molecule has 0 aliphatic rings. The summed E-state index contributed by atoms with van der Waals surface area (Å²) in [7, 11) is 0. The quantitative estimate of drug-likeness (QED) is 0.183. The monoisotopic (exact) mass is 703 g/mol. The van der Waals surface area contributed by atoms with Crippen molar-refractivity contribution < 1.29 is 0 Å². The lowest BCUT2D eigenvalue weighted by atomic mass is 10.00. The van der Waals surface area contributed by atoms with Gasteiger partial charge in [0.05, 0.1) is 0 Å². The molecule has 0 radical (unpaired) electrons. The topological polar surface area (TPSA) is 38.7 Å². The number of hydrogen-bond donors (Lipinski definition) is 0. The second-order valence-corrected chi connectivity index (χ2v) is 15.9. The predicted octanol–water partition coefficient (Wildman–Crippen LogP) is 13.6. The largest absolute Gasteiger partial charge is 0.208 e. The van der Waals surface area contributed by atoms with Crippen LogP contribution in [0, 0.1) is 0 Å². The van der Waals surface area contributed by atoms with Crippen LogP contribution < -0.4 is 0 Å². The number of aromatic nitrogens is 3. The minimum absolute atomic E-state index is 0.668. The molecule has 7 aromatic carbocycles. The molecular formula is C45H25N3S3. The van der Waals surface area contributed by atoms with Gasteiger partial charge >= 0.3 is 0 Å². The van der Waals surface area contributed by atoms with Crippen molar-refractivity contribution in [3.05, 3.63) is 152 Å². The van der Waals surface area contributed by atoms with Crippen LogP contribution in [0.2, 0.25) is 0 Å². The van der Waals surface area contributed by atoms with E-state index in [1.54, 1.807) is 11.3 Å². The van der Waals surface area contributed by atoms with Crippen LogP contribution in [0.3, 0.4) is 0 Å². The molecule has 0 saturated heterocycles. The van der Waals surface area contributed by atoms with Gasteiger partial charge < -0.3 is 0 Å². The fraction of sp³-hybridized carbons (Fsp3) is 0. The second kappa shape index (κ2) is 11.4. The summed E-state index contributed by atoms with van der Waals surface area (Å²) in [5.41, 5.74) is 5.49. The van der Waals surface area contributed by atoms with E-state index in [9.17, 15) is 0 Å². The lowest BCUT2D eigenvalue weighted by Gasteiger charge is -2.09. The third-order valence-corrected chi connectivity index (χ3v) is 13.3. The van der Waals surface area contributed by atoms with Gasteiger partial charge in [-0.2, -0.15) is 0 Å². The van der Waals surface area contributed by atoms with Gasteiger partial charge in [-0.3, -0.25) is 0 Å². The highest BCUT2D eigenvalue weighted by Gasteiger charge is 2.18. The van der Waals surface area contributed by atoms with Gasteiger partial charge in [-0.15, -0.1) is 34.0 Å². The van der Waals surface area contributed by atoms with Gasteiger partial charge in [-0.25, -0.2) is 15.0 Å². The molecule has 0 aliphatic carbocycles. The summed E-state index contributed by atoms with van der Waals surface area (Å²) in [6.45, 7) is 0. The molecule has 238 valence electrons. The Morgan fingerprint density at radius 1 is 0.294 bits per heavy atom. The standard InChI is InChI=1S/C45H25N3S3/c1-2-10-26(11-3-1)43-46-44(48-45(47-43)28-20-22-31-29-12-4-6-18-37(29)49-40(31)25-28)27-21-23-39-36(24-27)35-17-9-16-34(42(35)51-39)33-15-8-14-32-30-13-5-7-19-38(30)50-41(32)33/h1-25H. The Kier molecular flexibility index (Phi) is 6.46. The minimum Gasteiger partial charge on any atom is -0.208 e. The van der Waals surface area contributed by atoms with Crippen LogP contribution in [0.15, 0.2) is 152 Å². The van der Waals surface area contributed by atoms with Gasteiger partial charge in [0.2, 0.25) is 0 Å². The molecule has 0 aliphatic heterocycles. The van der Waals surface area contributed by atoms with E-state index in [2.05, 4.69) is 133 Å². The fourth-order valence-corrected chi connectivity index (χ4v) is 10.9. The molecule has 0 atom stereocenters. The van der Waals surface area contributed by atoms with Crippen molar-refractivity contribution in [2.75, 3.05) is 0 Å². The highest BCUT2D eigenvalue weighted by atomic mass is 32.1. The molecule has 6 heteroatoms. The molecular weight excluding hydrogens is 679 g/mol. The summed E-state index contributed by atoms with van der Waals surface area (Å²) in [6.07, 6.45) is 0. The summed E-state index contributed by atoms with van der Waals surface area (Å²) >= 11 is 5.55. The number of benzene rings is 7. The summed E-state index contributed by atoms with van der Waals surface area (Å²) < 4.78 is 7.72. The fourth-order valence-electron chi connectivity index (χ4n) is 7.32. The van der Waals surface area contributed by atoms with Crippen molar-refractivity contribution in [3.8, 4) is 45.3 Å². The van der Waals surface area contributed by atoms with Gasteiger partial charge in [-0.1, -0.05) is 115 Å². The van der Waals surface area contributed by atoms with E-state index in [0.29, 0.717) is 17.5 Å². The Hall–Kier alpha value is -5.79. The van der Waals surface area contributed by atoms with Crippen LogP contribution in [0.5, 0.6) is 0 Å². The van der Waals surface area contributed by atoms with Crippen LogP contribution in [0.4, 0.5) is 0 Å². The number of rotatable bonds is 4. The molecule has 51 heavy (non-hydrogen) atoms. The number of nitrogens with zero attached hydrogens (tertiary/aromatic N) is 3.